The van der Waals surface area contributed by atoms with Gasteiger partial charge >= 0.3 is 0 Å². The highest BCUT2D eigenvalue weighted by molar-refractivity contribution is 5.78. The van der Waals surface area contributed by atoms with E-state index in [1.54, 1.807) is 0 Å². The first kappa shape index (κ1) is 15.8. The average molecular weight is 282 g/mol. The molecule has 2 aliphatic carbocycles. The van der Waals surface area contributed by atoms with Crippen LogP contribution in [-0.4, -0.2) is 38.3 Å². The molecular weight excluding hydrogens is 252 g/mol. The number of hydrogen-bond donors (Lipinski definition) is 2. The van der Waals surface area contributed by atoms with Crippen molar-refractivity contribution in [2.75, 3.05) is 26.3 Å². The minimum atomic E-state index is 0.149. The van der Waals surface area contributed by atoms with Crippen LogP contribution in [0.25, 0.3) is 0 Å². The second kappa shape index (κ2) is 9.35. The zero-order chi connectivity index (χ0) is 14.0. The van der Waals surface area contributed by atoms with Crippen molar-refractivity contribution in [1.82, 2.24) is 10.6 Å². The van der Waals surface area contributed by atoms with Crippen molar-refractivity contribution >= 4 is 5.91 Å². The maximum Gasteiger partial charge on any atom is 0.234 e. The molecule has 2 saturated carbocycles. The molecule has 2 aliphatic rings. The standard InChI is InChI=1S/C16H30N2O2/c19-16(18-15-6-3-1-2-4-7-15)12-17-10-5-11-20-13-14-8-9-14/h14-15,17H,1-13H2,(H,18,19). The molecule has 0 aromatic heterocycles. The number of rotatable bonds is 9. The van der Waals surface area contributed by atoms with Crippen LogP contribution in [0.15, 0.2) is 0 Å². The normalized spacial score (nSPS) is 20.6. The van der Waals surface area contributed by atoms with Crippen LogP contribution in [0, 0.1) is 5.92 Å². The van der Waals surface area contributed by atoms with Crippen molar-refractivity contribution in [3.8, 4) is 0 Å². The van der Waals surface area contributed by atoms with Gasteiger partial charge in [0.15, 0.2) is 0 Å². The molecule has 0 unspecified atom stereocenters. The molecule has 4 heteroatoms. The van der Waals surface area contributed by atoms with Crippen molar-refractivity contribution in [2.45, 2.75) is 63.8 Å². The highest BCUT2D eigenvalue weighted by atomic mass is 16.5. The van der Waals surface area contributed by atoms with Gasteiger partial charge in [0.1, 0.15) is 0 Å². The molecule has 0 heterocycles. The molecular formula is C16H30N2O2. The van der Waals surface area contributed by atoms with Crippen molar-refractivity contribution in [3.05, 3.63) is 0 Å². The summed E-state index contributed by atoms with van der Waals surface area (Å²) in [4.78, 5) is 11.8. The van der Waals surface area contributed by atoms with Gasteiger partial charge in [0, 0.05) is 19.3 Å². The van der Waals surface area contributed by atoms with Gasteiger partial charge in [-0.25, -0.2) is 0 Å². The number of nitrogens with one attached hydrogen (secondary N) is 2. The zero-order valence-electron chi connectivity index (χ0n) is 12.7. The summed E-state index contributed by atoms with van der Waals surface area (Å²) in [5.74, 6) is 0.990. The minimum absolute atomic E-state index is 0.149. The number of carbonyl (C=O) groups is 1. The lowest BCUT2D eigenvalue weighted by molar-refractivity contribution is -0.121. The van der Waals surface area contributed by atoms with Crippen LogP contribution < -0.4 is 10.6 Å². The molecule has 0 saturated heterocycles. The van der Waals surface area contributed by atoms with Crippen LogP contribution in [0.1, 0.15) is 57.8 Å². The second-order valence-electron chi connectivity index (χ2n) is 6.30. The van der Waals surface area contributed by atoms with Gasteiger partial charge in [-0.05, 0) is 44.6 Å². The lowest BCUT2D eigenvalue weighted by atomic mass is 10.1. The first-order valence-corrected chi connectivity index (χ1v) is 8.42. The molecule has 0 bridgehead atoms. The summed E-state index contributed by atoms with van der Waals surface area (Å²) in [5.41, 5.74) is 0. The molecule has 20 heavy (non-hydrogen) atoms. The Kier molecular flexibility index (Phi) is 7.37. The molecule has 0 aromatic rings. The summed E-state index contributed by atoms with van der Waals surface area (Å²) in [6, 6.07) is 0.411. The Balaban J connectivity index is 1.40. The predicted octanol–water partition coefficient (Wildman–Crippen LogP) is 2.23. The van der Waals surface area contributed by atoms with E-state index in [1.165, 1.54) is 38.5 Å². The Hall–Kier alpha value is -0.610. The van der Waals surface area contributed by atoms with Crippen molar-refractivity contribution < 1.29 is 9.53 Å². The predicted molar refractivity (Wildman–Crippen MR) is 80.7 cm³/mol. The number of hydrogen-bond acceptors (Lipinski definition) is 3. The smallest absolute Gasteiger partial charge is 0.234 e. The SMILES string of the molecule is O=C(CNCCCOCC1CC1)NC1CCCCCC1. The Labute approximate surface area is 123 Å². The van der Waals surface area contributed by atoms with Gasteiger partial charge in [-0.2, -0.15) is 0 Å². The number of carbonyl (C=O) groups excluding carboxylic acids is 1. The van der Waals surface area contributed by atoms with Gasteiger partial charge in [-0.3, -0.25) is 4.79 Å². The van der Waals surface area contributed by atoms with Gasteiger partial charge in [-0.15, -0.1) is 0 Å². The van der Waals surface area contributed by atoms with Crippen molar-refractivity contribution in [3.63, 3.8) is 0 Å². The van der Waals surface area contributed by atoms with Gasteiger partial charge < -0.3 is 15.4 Å². The fourth-order valence-electron chi connectivity index (χ4n) is 2.74. The van der Waals surface area contributed by atoms with E-state index in [0.29, 0.717) is 12.6 Å². The van der Waals surface area contributed by atoms with Crippen LogP contribution in [0.3, 0.4) is 0 Å². The summed E-state index contributed by atoms with van der Waals surface area (Å²) >= 11 is 0. The van der Waals surface area contributed by atoms with Gasteiger partial charge in [0.05, 0.1) is 6.54 Å². The Bertz CT molecular complexity index is 272. The summed E-state index contributed by atoms with van der Waals surface area (Å²) in [6.07, 6.45) is 11.2. The molecule has 0 spiro atoms. The monoisotopic (exact) mass is 282 g/mol. The minimum Gasteiger partial charge on any atom is -0.381 e. The Morgan fingerprint density at radius 2 is 1.80 bits per heavy atom. The van der Waals surface area contributed by atoms with Crippen LogP contribution in [-0.2, 0) is 9.53 Å². The lowest BCUT2D eigenvalue weighted by Crippen LogP contribution is -2.40. The van der Waals surface area contributed by atoms with E-state index in [9.17, 15) is 4.79 Å². The van der Waals surface area contributed by atoms with E-state index in [1.807, 2.05) is 0 Å². The zero-order valence-corrected chi connectivity index (χ0v) is 12.7. The van der Waals surface area contributed by atoms with Crippen LogP contribution in [0.4, 0.5) is 0 Å². The van der Waals surface area contributed by atoms with E-state index < -0.39 is 0 Å². The summed E-state index contributed by atoms with van der Waals surface area (Å²) in [6.45, 7) is 3.05. The molecule has 0 radical (unpaired) electrons. The molecule has 2 N–H and O–H groups in total. The Morgan fingerprint density at radius 3 is 2.50 bits per heavy atom. The topological polar surface area (TPSA) is 50.4 Å². The van der Waals surface area contributed by atoms with Gasteiger partial charge in [-0.1, -0.05) is 25.7 Å². The molecule has 1 amide bonds. The molecule has 0 aromatic carbocycles. The van der Waals surface area contributed by atoms with E-state index in [2.05, 4.69) is 10.6 Å². The summed E-state index contributed by atoms with van der Waals surface area (Å²) in [7, 11) is 0. The fourth-order valence-corrected chi connectivity index (χ4v) is 2.74. The third-order valence-corrected chi connectivity index (χ3v) is 4.20. The average Bonchev–Trinajstić information content (AvgIpc) is 3.25. The highest BCUT2D eigenvalue weighted by Gasteiger charge is 2.20. The van der Waals surface area contributed by atoms with E-state index in [0.717, 1.165) is 44.9 Å². The maximum atomic E-state index is 11.8. The van der Waals surface area contributed by atoms with E-state index in [-0.39, 0.29) is 5.91 Å². The Morgan fingerprint density at radius 1 is 1.05 bits per heavy atom. The molecule has 0 atom stereocenters. The molecule has 2 rings (SSSR count). The molecule has 116 valence electrons. The summed E-state index contributed by atoms with van der Waals surface area (Å²) < 4.78 is 5.56. The van der Waals surface area contributed by atoms with Crippen LogP contribution in [0.2, 0.25) is 0 Å². The lowest BCUT2D eigenvalue weighted by Gasteiger charge is -2.16. The van der Waals surface area contributed by atoms with E-state index >= 15 is 0 Å². The van der Waals surface area contributed by atoms with Crippen LogP contribution >= 0.6 is 0 Å². The number of amides is 1. The summed E-state index contributed by atoms with van der Waals surface area (Å²) in [5, 5.41) is 6.35. The van der Waals surface area contributed by atoms with Gasteiger partial charge in [0.2, 0.25) is 5.91 Å². The number of ether oxygens (including phenoxy) is 1. The largest absolute Gasteiger partial charge is 0.381 e. The van der Waals surface area contributed by atoms with Crippen molar-refractivity contribution in [1.29, 1.82) is 0 Å². The third-order valence-electron chi connectivity index (χ3n) is 4.20. The first-order valence-electron chi connectivity index (χ1n) is 8.42. The fraction of sp³-hybridized carbons (Fsp3) is 0.938. The third kappa shape index (κ3) is 7.25. The quantitative estimate of drug-likeness (QED) is 0.504. The molecule has 4 nitrogen and oxygen atoms in total. The second-order valence-corrected chi connectivity index (χ2v) is 6.30. The van der Waals surface area contributed by atoms with E-state index in [4.69, 9.17) is 4.74 Å². The molecule has 0 aliphatic heterocycles. The highest BCUT2D eigenvalue weighted by Crippen LogP contribution is 2.28. The van der Waals surface area contributed by atoms with Crippen molar-refractivity contribution in [2.24, 2.45) is 5.92 Å². The first-order chi connectivity index (χ1) is 9.84. The van der Waals surface area contributed by atoms with Gasteiger partial charge in [0.25, 0.3) is 0 Å². The van der Waals surface area contributed by atoms with Crippen LogP contribution in [0.5, 0.6) is 0 Å². The maximum absolute atomic E-state index is 11.8. The molecule has 2 fully saturated rings.